The van der Waals surface area contributed by atoms with Crippen LogP contribution >= 0.6 is 24.0 Å². The lowest BCUT2D eigenvalue weighted by Crippen LogP contribution is -3.00. The highest BCUT2D eigenvalue weighted by molar-refractivity contribution is 14.0. The quantitative estimate of drug-likeness (QED) is 0.360. The molecule has 0 fully saturated rings. The highest BCUT2D eigenvalue weighted by Gasteiger charge is 1.87. The number of aromatic nitrogens is 2. The second-order valence-electron chi connectivity index (χ2n) is 1.74. The molecule has 0 amide bonds. The SMILES string of the molecule is Cn1cc[n+](C)c1.I.[I-]. The minimum Gasteiger partial charge on any atom is -1.00 e. The van der Waals surface area contributed by atoms with E-state index in [-0.39, 0.29) is 48.0 Å². The van der Waals surface area contributed by atoms with Gasteiger partial charge in [0.15, 0.2) is 0 Å². The molecule has 0 N–H and O–H groups in total. The Morgan fingerprint density at radius 2 is 2.00 bits per heavy atom. The van der Waals surface area contributed by atoms with E-state index in [9.17, 15) is 0 Å². The highest BCUT2D eigenvalue weighted by Crippen LogP contribution is 1.70. The summed E-state index contributed by atoms with van der Waals surface area (Å²) in [5.41, 5.74) is 0. The zero-order valence-electron chi connectivity index (χ0n) is 5.41. The second-order valence-corrected chi connectivity index (χ2v) is 1.74. The molecule has 1 aromatic heterocycles. The molecule has 0 saturated heterocycles. The number of imidazole rings is 1. The van der Waals surface area contributed by atoms with E-state index in [1.807, 2.05) is 42.0 Å². The van der Waals surface area contributed by atoms with Crippen LogP contribution < -0.4 is 28.5 Å². The van der Waals surface area contributed by atoms with Gasteiger partial charge in [0, 0.05) is 0 Å². The summed E-state index contributed by atoms with van der Waals surface area (Å²) < 4.78 is 4.00. The fraction of sp³-hybridized carbons (Fsp3) is 0.400. The lowest BCUT2D eigenvalue weighted by atomic mass is 10.9. The average Bonchev–Trinajstić information content (AvgIpc) is 1.87. The van der Waals surface area contributed by atoms with Gasteiger partial charge in [0.2, 0.25) is 6.33 Å². The molecule has 0 aliphatic heterocycles. The Kier molecular flexibility index (Phi) is 7.49. The molecule has 54 valence electrons. The number of rotatable bonds is 0. The summed E-state index contributed by atoms with van der Waals surface area (Å²) in [7, 11) is 4.00. The van der Waals surface area contributed by atoms with Crippen molar-refractivity contribution < 1.29 is 28.5 Å². The van der Waals surface area contributed by atoms with Crippen LogP contribution in [-0.2, 0) is 14.1 Å². The zero-order chi connectivity index (χ0) is 5.28. The molecule has 4 heteroatoms. The summed E-state index contributed by atoms with van der Waals surface area (Å²) in [4.78, 5) is 0. The molecule has 0 aliphatic carbocycles. The van der Waals surface area contributed by atoms with Crippen molar-refractivity contribution in [3.05, 3.63) is 18.7 Å². The Labute approximate surface area is 89.3 Å². The summed E-state index contributed by atoms with van der Waals surface area (Å²) in [6.45, 7) is 0. The average molecular weight is 352 g/mol. The van der Waals surface area contributed by atoms with E-state index in [0.29, 0.717) is 0 Å². The molecule has 0 saturated carbocycles. The summed E-state index contributed by atoms with van der Waals surface area (Å²) in [5.74, 6) is 0. The van der Waals surface area contributed by atoms with Gasteiger partial charge in [-0.2, -0.15) is 0 Å². The standard InChI is InChI=1S/C5H9N2.2HI/c1-6-3-4-7(2)5-6;;/h3-5H,1-2H3;2*1H/q+1;;/p-1. The summed E-state index contributed by atoms with van der Waals surface area (Å²) in [6.07, 6.45) is 6.00. The Bertz CT molecular complexity index is 145. The number of aryl methyl sites for hydroxylation is 2. The first kappa shape index (κ1) is 12.4. The lowest BCUT2D eigenvalue weighted by Gasteiger charge is -1.72. The van der Waals surface area contributed by atoms with Gasteiger partial charge in [0.25, 0.3) is 0 Å². The van der Waals surface area contributed by atoms with Crippen molar-refractivity contribution >= 4 is 24.0 Å². The summed E-state index contributed by atoms with van der Waals surface area (Å²) in [6, 6.07) is 0. The van der Waals surface area contributed by atoms with Crippen molar-refractivity contribution in [2.24, 2.45) is 14.1 Å². The predicted octanol–water partition coefficient (Wildman–Crippen LogP) is -2.53. The van der Waals surface area contributed by atoms with E-state index in [1.54, 1.807) is 0 Å². The van der Waals surface area contributed by atoms with Gasteiger partial charge < -0.3 is 24.0 Å². The van der Waals surface area contributed by atoms with Crippen LogP contribution in [0.15, 0.2) is 18.7 Å². The minimum atomic E-state index is 0. The molecule has 0 bridgehead atoms. The maximum absolute atomic E-state index is 2.00. The van der Waals surface area contributed by atoms with Gasteiger partial charge in [-0.1, -0.05) is 0 Å². The van der Waals surface area contributed by atoms with E-state index in [2.05, 4.69) is 0 Å². The molecular formula is C5H10I2N2. The molecular weight excluding hydrogens is 342 g/mol. The second kappa shape index (κ2) is 5.45. The van der Waals surface area contributed by atoms with Gasteiger partial charge in [-0.3, -0.25) is 0 Å². The van der Waals surface area contributed by atoms with E-state index < -0.39 is 0 Å². The Morgan fingerprint density at radius 3 is 2.11 bits per heavy atom. The van der Waals surface area contributed by atoms with Gasteiger partial charge in [-0.25, -0.2) is 9.13 Å². The van der Waals surface area contributed by atoms with Crippen LogP contribution in [0.4, 0.5) is 0 Å². The number of nitrogens with zero attached hydrogens (tertiary/aromatic N) is 2. The smallest absolute Gasteiger partial charge is 0.243 e. The first-order chi connectivity index (χ1) is 3.29. The molecule has 9 heavy (non-hydrogen) atoms. The third-order valence-corrected chi connectivity index (χ3v) is 0.901. The van der Waals surface area contributed by atoms with E-state index in [1.165, 1.54) is 0 Å². The fourth-order valence-corrected chi connectivity index (χ4v) is 0.575. The topological polar surface area (TPSA) is 8.81 Å². The monoisotopic (exact) mass is 352 g/mol. The molecule has 0 aromatic carbocycles. The number of halogens is 2. The molecule has 0 atom stereocenters. The van der Waals surface area contributed by atoms with Crippen molar-refractivity contribution in [3.63, 3.8) is 0 Å². The Hall–Kier alpha value is 0.670. The minimum absolute atomic E-state index is 0. The van der Waals surface area contributed by atoms with Crippen molar-refractivity contribution in [2.75, 3.05) is 0 Å². The molecule has 1 rings (SSSR count). The first-order valence-corrected chi connectivity index (χ1v) is 2.26. The van der Waals surface area contributed by atoms with Crippen molar-refractivity contribution in [1.82, 2.24) is 4.57 Å². The molecule has 0 spiro atoms. The maximum Gasteiger partial charge on any atom is 0.243 e. The van der Waals surface area contributed by atoms with Crippen LogP contribution in [-0.4, -0.2) is 4.57 Å². The van der Waals surface area contributed by atoms with E-state index >= 15 is 0 Å². The zero-order valence-corrected chi connectivity index (χ0v) is 9.90. The molecule has 0 aliphatic rings. The summed E-state index contributed by atoms with van der Waals surface area (Å²) in [5, 5.41) is 0. The van der Waals surface area contributed by atoms with E-state index in [0.717, 1.165) is 0 Å². The van der Waals surface area contributed by atoms with Crippen LogP contribution in [0, 0.1) is 0 Å². The lowest BCUT2D eigenvalue weighted by molar-refractivity contribution is -0.670. The maximum atomic E-state index is 2.00. The van der Waals surface area contributed by atoms with Crippen LogP contribution in [0.5, 0.6) is 0 Å². The van der Waals surface area contributed by atoms with Crippen LogP contribution in [0.25, 0.3) is 0 Å². The molecule has 2 nitrogen and oxygen atoms in total. The molecule has 1 heterocycles. The Morgan fingerprint density at radius 1 is 1.44 bits per heavy atom. The first-order valence-electron chi connectivity index (χ1n) is 2.26. The van der Waals surface area contributed by atoms with E-state index in [4.69, 9.17) is 0 Å². The summed E-state index contributed by atoms with van der Waals surface area (Å²) >= 11 is 0. The van der Waals surface area contributed by atoms with Crippen LogP contribution in [0.1, 0.15) is 0 Å². The van der Waals surface area contributed by atoms with Gasteiger partial charge >= 0.3 is 0 Å². The molecule has 0 radical (unpaired) electrons. The number of hydrogen-bond donors (Lipinski definition) is 0. The van der Waals surface area contributed by atoms with Gasteiger partial charge in [0.1, 0.15) is 12.4 Å². The van der Waals surface area contributed by atoms with Crippen molar-refractivity contribution in [3.8, 4) is 0 Å². The van der Waals surface area contributed by atoms with Crippen LogP contribution in [0.2, 0.25) is 0 Å². The third-order valence-electron chi connectivity index (χ3n) is 0.901. The molecule has 1 aromatic rings. The number of hydrogen-bond acceptors (Lipinski definition) is 0. The fourth-order valence-electron chi connectivity index (χ4n) is 0.575. The Balaban J connectivity index is 0. The van der Waals surface area contributed by atoms with Crippen molar-refractivity contribution in [1.29, 1.82) is 0 Å². The van der Waals surface area contributed by atoms with Gasteiger partial charge in [-0.15, -0.1) is 24.0 Å². The van der Waals surface area contributed by atoms with Gasteiger partial charge in [0.05, 0.1) is 14.1 Å². The largest absolute Gasteiger partial charge is 1.00 e. The normalized spacial score (nSPS) is 7.33. The van der Waals surface area contributed by atoms with Crippen molar-refractivity contribution in [2.45, 2.75) is 0 Å². The van der Waals surface area contributed by atoms with Crippen LogP contribution in [0.3, 0.4) is 0 Å². The van der Waals surface area contributed by atoms with Gasteiger partial charge in [-0.05, 0) is 0 Å². The third kappa shape index (κ3) is 4.12. The molecule has 0 unspecified atom stereocenters. The predicted molar refractivity (Wildman–Crippen MR) is 42.0 cm³/mol. The highest BCUT2D eigenvalue weighted by atomic mass is 127.